The number of rotatable bonds is 0. The van der Waals surface area contributed by atoms with Gasteiger partial charge in [0, 0.05) is 40.6 Å². The minimum absolute atomic E-state index is 0. The van der Waals surface area contributed by atoms with Gasteiger partial charge in [-0.1, -0.05) is 0 Å². The van der Waals surface area contributed by atoms with Crippen molar-refractivity contribution in [2.24, 2.45) is 0 Å². The van der Waals surface area contributed by atoms with Gasteiger partial charge in [-0.05, 0) is 0 Å². The van der Waals surface area contributed by atoms with Crippen molar-refractivity contribution in [3.8, 4) is 0 Å². The normalized spacial score (nSPS) is 0. The third-order valence-corrected chi connectivity index (χ3v) is 0. The Bertz CT molecular complexity index is 8.00. The second-order valence-electron chi connectivity index (χ2n) is 0. The van der Waals surface area contributed by atoms with Gasteiger partial charge in [0.25, 0.3) is 0 Å². The molecule has 0 spiro atoms. The third-order valence-electron chi connectivity index (χ3n) is 0. The van der Waals surface area contributed by atoms with Gasteiger partial charge in [0.05, 0.1) is 0 Å². The summed E-state index contributed by atoms with van der Waals surface area (Å²) in [4.78, 5) is 0. The molecule has 0 fully saturated rings. The van der Waals surface area contributed by atoms with Crippen molar-refractivity contribution >= 4 is 28.8 Å². The summed E-state index contributed by atoms with van der Waals surface area (Å²) in [6.07, 6.45) is 0. The first kappa shape index (κ1) is 43.5. The molecule has 4 heavy (non-hydrogen) atoms. The summed E-state index contributed by atoms with van der Waals surface area (Å²) in [5, 5.41) is 0. The molecule has 1 radical (unpaired) electrons. The molecule has 0 rings (SSSR count). The predicted octanol–water partition coefficient (Wildman–Crippen LogP) is -1.15. The molecule has 0 aromatic carbocycles. The van der Waals surface area contributed by atoms with E-state index in [1.165, 1.54) is 0 Å². The fourth-order valence-electron chi connectivity index (χ4n) is 0. The smallest absolute Gasteiger partial charge is 0 e. The molecule has 0 saturated heterocycles. The van der Waals surface area contributed by atoms with E-state index in [-0.39, 0.29) is 56.0 Å². The zero-order chi connectivity index (χ0) is 0. The molecule has 0 aliphatic carbocycles. The van der Waals surface area contributed by atoms with E-state index < -0.39 is 0 Å². The Labute approximate surface area is 55.9 Å². The Morgan fingerprint density at radius 3 is 1.00 bits per heavy atom. The van der Waals surface area contributed by atoms with Crippen LogP contribution in [0.5, 0.6) is 0 Å². The molecule has 0 aliphatic heterocycles. The predicted molar refractivity (Wildman–Crippen MR) is 20.5 cm³/mol. The first-order chi connectivity index (χ1) is 0. The Morgan fingerprint density at radius 1 is 1.00 bits per heavy atom. The molecule has 0 aromatic heterocycles. The van der Waals surface area contributed by atoms with Crippen molar-refractivity contribution in [1.29, 1.82) is 0 Å². The largest absolute Gasteiger partial charge is 0.412 e. The van der Waals surface area contributed by atoms with E-state index in [0.29, 0.717) is 0 Å². The topological polar surface area (TPSA) is 31.5 Å². The van der Waals surface area contributed by atoms with Crippen molar-refractivity contribution < 1.29 is 27.2 Å². The average molecular weight is 107 g/mol. The van der Waals surface area contributed by atoms with E-state index >= 15 is 0 Å². The molecule has 0 amide bonds. The number of hydrogen-bond acceptors (Lipinski definition) is 0. The van der Waals surface area contributed by atoms with Crippen LogP contribution < -0.4 is 0 Å². The fourth-order valence-corrected chi connectivity index (χ4v) is 0. The van der Waals surface area contributed by atoms with Crippen molar-refractivity contribution in [3.63, 3.8) is 0 Å². The quantitative estimate of drug-likeness (QED) is 0.276. The van der Waals surface area contributed by atoms with Crippen LogP contribution in [0.25, 0.3) is 0 Å². The Balaban J connectivity index is 0. The van der Waals surface area contributed by atoms with E-state index in [9.17, 15) is 0 Å². The minimum atomic E-state index is 0. The van der Waals surface area contributed by atoms with Crippen molar-refractivity contribution in [2.45, 2.75) is 0 Å². The van der Waals surface area contributed by atoms with Crippen LogP contribution in [0.1, 0.15) is 0 Å². The van der Waals surface area contributed by atoms with Crippen LogP contribution in [-0.4, -0.2) is 24.3 Å². The van der Waals surface area contributed by atoms with Gasteiger partial charge in [-0.25, -0.2) is 0 Å². The SMILES string of the molecule is O.P.[Li].[Ti]. The molecule has 4 heteroatoms. The summed E-state index contributed by atoms with van der Waals surface area (Å²) >= 11 is 0. The second kappa shape index (κ2) is 22.2. The first-order valence-electron chi connectivity index (χ1n) is 0. The summed E-state index contributed by atoms with van der Waals surface area (Å²) in [6.45, 7) is 0. The van der Waals surface area contributed by atoms with E-state index in [1.807, 2.05) is 0 Å². The van der Waals surface area contributed by atoms with Crippen LogP contribution in [0.15, 0.2) is 0 Å². The van der Waals surface area contributed by atoms with E-state index in [2.05, 4.69) is 0 Å². The van der Waals surface area contributed by atoms with Crippen LogP contribution in [0, 0.1) is 0 Å². The van der Waals surface area contributed by atoms with E-state index in [1.54, 1.807) is 0 Å². The van der Waals surface area contributed by atoms with Crippen molar-refractivity contribution in [1.82, 2.24) is 0 Å². The molecule has 0 aromatic rings. The van der Waals surface area contributed by atoms with Gasteiger partial charge in [-0.15, -0.1) is 0 Å². The van der Waals surface area contributed by atoms with Gasteiger partial charge < -0.3 is 5.48 Å². The minimum Gasteiger partial charge on any atom is -0.412 e. The third kappa shape index (κ3) is 9.33. The van der Waals surface area contributed by atoms with Crippen LogP contribution in [0.3, 0.4) is 0 Å². The monoisotopic (exact) mass is 107 g/mol. The first-order valence-corrected chi connectivity index (χ1v) is 0. The summed E-state index contributed by atoms with van der Waals surface area (Å²) < 4.78 is 0. The van der Waals surface area contributed by atoms with Gasteiger partial charge in [0.1, 0.15) is 0 Å². The van der Waals surface area contributed by atoms with Crippen LogP contribution >= 0.6 is 9.90 Å². The molecule has 21 valence electrons. The zero-order valence-electron chi connectivity index (χ0n) is 2.71. The summed E-state index contributed by atoms with van der Waals surface area (Å²) in [7, 11) is 0. The van der Waals surface area contributed by atoms with E-state index in [4.69, 9.17) is 0 Å². The van der Waals surface area contributed by atoms with Gasteiger partial charge >= 0.3 is 0 Å². The molecule has 0 heterocycles. The van der Waals surface area contributed by atoms with Crippen LogP contribution in [0.2, 0.25) is 0 Å². The van der Waals surface area contributed by atoms with Crippen molar-refractivity contribution in [3.05, 3.63) is 0 Å². The molecule has 0 saturated carbocycles. The van der Waals surface area contributed by atoms with Crippen LogP contribution in [0.4, 0.5) is 0 Å². The van der Waals surface area contributed by atoms with Gasteiger partial charge in [-0.2, -0.15) is 9.90 Å². The van der Waals surface area contributed by atoms with Crippen molar-refractivity contribution in [2.75, 3.05) is 0 Å². The van der Waals surface area contributed by atoms with Gasteiger partial charge in [-0.3, -0.25) is 0 Å². The molecule has 2 N–H and O–H groups in total. The van der Waals surface area contributed by atoms with Gasteiger partial charge in [0.15, 0.2) is 0 Å². The Kier molecular flexibility index (Phi) is 242. The Morgan fingerprint density at radius 2 is 1.00 bits per heavy atom. The average Bonchev–Trinajstić information content (AvgIpc) is 0. The molecule has 1 unspecified atom stereocenters. The summed E-state index contributed by atoms with van der Waals surface area (Å²) in [6, 6.07) is 0. The molecular weight excluding hydrogens is 102 g/mol. The molecule has 0 aliphatic rings. The maximum Gasteiger partial charge on any atom is 0 e. The van der Waals surface area contributed by atoms with Crippen LogP contribution in [-0.2, 0) is 21.7 Å². The molecule has 1 atom stereocenters. The summed E-state index contributed by atoms with van der Waals surface area (Å²) in [5.74, 6) is 0. The zero-order valence-corrected chi connectivity index (χ0v) is 5.68. The maximum atomic E-state index is 0. The summed E-state index contributed by atoms with van der Waals surface area (Å²) in [5.41, 5.74) is 0. The van der Waals surface area contributed by atoms with Gasteiger partial charge in [0.2, 0.25) is 0 Å². The Hall–Kier alpha value is 1.70. The molecule has 0 bridgehead atoms. The van der Waals surface area contributed by atoms with E-state index in [0.717, 1.165) is 0 Å². The fraction of sp³-hybridized carbons (Fsp3) is 0. The molecular formula is H5LiOPTi. The standard InChI is InChI=1S/Li.H2O.H3P.Ti/h;1H2;1H3;. The second-order valence-corrected chi connectivity index (χ2v) is 0. The maximum absolute atomic E-state index is 0. The molecule has 1 nitrogen and oxygen atoms in total. The number of hydrogen-bond donors (Lipinski definition) is 0.